The molecule has 0 unspecified atom stereocenters. The molecule has 0 spiro atoms. The number of carbonyl (C=O) groups excluding carboxylic acids is 1. The molecule has 0 rings (SSSR count). The molecule has 1 radical (unpaired) electrons. The van der Waals surface area contributed by atoms with Crippen LogP contribution in [0, 0.1) is 0 Å². The zero-order valence-electron chi connectivity index (χ0n) is 12.3. The molecule has 0 aromatic carbocycles. The number of rotatable bonds is 11. The fraction of sp³-hybridized carbons (Fsp3) is 0.600. The Balaban J connectivity index is -0.000000602. The van der Waals surface area contributed by atoms with Gasteiger partial charge in [-0.3, -0.25) is 24.2 Å². The zero-order chi connectivity index (χ0) is 15.7. The van der Waals surface area contributed by atoms with Crippen LogP contribution < -0.4 is 5.11 Å². The largest absolute Gasteiger partial charge is 0.549 e. The first-order valence-electron chi connectivity index (χ1n) is 5.50. The van der Waals surface area contributed by atoms with E-state index in [-0.39, 0.29) is 49.9 Å². The summed E-state index contributed by atoms with van der Waals surface area (Å²) in [5.41, 5.74) is 0. The third-order valence-corrected chi connectivity index (χ3v) is 2.16. The molecule has 0 heterocycles. The third-order valence-electron chi connectivity index (χ3n) is 2.16. The van der Waals surface area contributed by atoms with Crippen molar-refractivity contribution in [2.24, 2.45) is 0 Å². The van der Waals surface area contributed by atoms with Gasteiger partial charge in [0.1, 0.15) is 0 Å². The van der Waals surface area contributed by atoms with Gasteiger partial charge < -0.3 is 36.2 Å². The van der Waals surface area contributed by atoms with Crippen LogP contribution in [0.1, 0.15) is 0 Å². The van der Waals surface area contributed by atoms with Crippen LogP contribution in [0.3, 0.4) is 0 Å². The molecule has 0 aliphatic rings. The first kappa shape index (κ1) is 29.6. The van der Waals surface area contributed by atoms with E-state index in [1.807, 2.05) is 0 Å². The Bertz CT molecular complexity index is 324. The van der Waals surface area contributed by atoms with Crippen LogP contribution in [0.5, 0.6) is 0 Å². The molecule has 0 fully saturated rings. The molecule has 0 aromatic rings. The molecular weight excluding hydrogens is 353 g/mol. The molecule has 9 N–H and O–H groups in total. The van der Waals surface area contributed by atoms with Crippen LogP contribution >= 0.6 is 0 Å². The minimum absolute atomic E-state index is 0. The van der Waals surface area contributed by atoms with Crippen molar-refractivity contribution >= 4 is 23.9 Å². The van der Waals surface area contributed by atoms with E-state index in [0.717, 1.165) is 9.80 Å². The van der Waals surface area contributed by atoms with Gasteiger partial charge in [0.2, 0.25) is 0 Å². The van der Waals surface area contributed by atoms with Crippen LogP contribution in [-0.2, 0) is 56.0 Å². The van der Waals surface area contributed by atoms with Gasteiger partial charge in [-0.05, 0) is 0 Å². The zero-order valence-corrected chi connectivity index (χ0v) is 14.1. The molecule has 0 bridgehead atoms. The second-order valence-electron chi connectivity index (χ2n) is 3.97. The molecule has 0 aliphatic carbocycles. The van der Waals surface area contributed by atoms with E-state index >= 15 is 0 Å². The van der Waals surface area contributed by atoms with Crippen LogP contribution in [0.25, 0.3) is 0 Å². The van der Waals surface area contributed by atoms with E-state index in [9.17, 15) is 24.3 Å². The predicted molar refractivity (Wildman–Crippen MR) is 70.5 cm³/mol. The third kappa shape index (κ3) is 18.5. The minimum atomic E-state index is -1.48. The normalized spacial score (nSPS) is 9.30. The van der Waals surface area contributed by atoms with Gasteiger partial charge in [-0.25, -0.2) is 0 Å². The van der Waals surface area contributed by atoms with Crippen molar-refractivity contribution in [3.05, 3.63) is 0 Å². The maximum atomic E-state index is 10.5. The summed E-state index contributed by atoms with van der Waals surface area (Å²) in [6.45, 7) is -2.50. The Labute approximate surface area is 149 Å². The summed E-state index contributed by atoms with van der Waals surface area (Å²) in [6.07, 6.45) is 0. The molecule has 0 atom stereocenters. The van der Waals surface area contributed by atoms with E-state index in [2.05, 4.69) is 0 Å². The SMILES string of the molecule is O=C([O-])CN(CCN(CC(=O)O)CC(=O)O)CC(=O)O.[OH3+].[OH3+].[Sc]. The first-order valence-corrected chi connectivity index (χ1v) is 5.50. The number of nitrogens with zero attached hydrogens (tertiary/aromatic N) is 2. The van der Waals surface area contributed by atoms with Crippen molar-refractivity contribution in [1.29, 1.82) is 0 Å². The van der Waals surface area contributed by atoms with E-state index in [1.165, 1.54) is 0 Å². The molecule has 13 heteroatoms. The van der Waals surface area contributed by atoms with Crippen LogP contribution in [0.2, 0.25) is 0 Å². The Morgan fingerprint density at radius 3 is 1.17 bits per heavy atom. The average Bonchev–Trinajstić information content (AvgIpc) is 2.22. The van der Waals surface area contributed by atoms with E-state index in [0.29, 0.717) is 0 Å². The van der Waals surface area contributed by atoms with Gasteiger partial charge in [0.05, 0.1) is 25.6 Å². The number of carboxylic acid groups (broad SMARTS) is 4. The topological polar surface area (TPSA) is 225 Å². The van der Waals surface area contributed by atoms with Crippen LogP contribution in [0.15, 0.2) is 0 Å². The molecule has 0 saturated carbocycles. The van der Waals surface area contributed by atoms with Gasteiger partial charge in [-0.1, -0.05) is 0 Å². The van der Waals surface area contributed by atoms with E-state index in [1.54, 1.807) is 0 Å². The fourth-order valence-electron chi connectivity index (χ4n) is 1.47. The number of carbonyl (C=O) groups is 4. The second kappa shape index (κ2) is 15.5. The van der Waals surface area contributed by atoms with Gasteiger partial charge in [0.25, 0.3) is 0 Å². The Kier molecular flexibility index (Phi) is 19.9. The predicted octanol–water partition coefficient (Wildman–Crippen LogP) is -5.25. The summed E-state index contributed by atoms with van der Waals surface area (Å²) >= 11 is 0. The molecule has 23 heavy (non-hydrogen) atoms. The number of aliphatic carboxylic acids is 4. The average molecular weight is 374 g/mol. The molecule has 12 nitrogen and oxygen atoms in total. The molecular formula is C10H21N2O10Sc+. The quantitative estimate of drug-likeness (QED) is 0.291. The van der Waals surface area contributed by atoms with Crippen molar-refractivity contribution in [2.75, 3.05) is 39.3 Å². The second-order valence-corrected chi connectivity index (χ2v) is 3.97. The summed E-state index contributed by atoms with van der Waals surface area (Å²) in [7, 11) is 0. The number of carboxylic acids is 4. The van der Waals surface area contributed by atoms with Gasteiger partial charge >= 0.3 is 17.9 Å². The van der Waals surface area contributed by atoms with Crippen molar-refractivity contribution in [2.45, 2.75) is 0 Å². The minimum Gasteiger partial charge on any atom is -0.549 e. The summed E-state index contributed by atoms with van der Waals surface area (Å²) in [5, 5.41) is 36.3. The van der Waals surface area contributed by atoms with Crippen LogP contribution in [-0.4, -0.2) is 88.3 Å². The van der Waals surface area contributed by atoms with Crippen LogP contribution in [0.4, 0.5) is 0 Å². The molecule has 0 aliphatic heterocycles. The van der Waals surface area contributed by atoms with E-state index < -0.39 is 50.1 Å². The first-order chi connectivity index (χ1) is 9.20. The van der Waals surface area contributed by atoms with Crippen molar-refractivity contribution < 1.29 is 76.4 Å². The van der Waals surface area contributed by atoms with Gasteiger partial charge in [-0.2, -0.15) is 0 Å². The standard InChI is InChI=1S/C10H16N2O8.2H2O.Sc/c13-7(14)3-11(4-8(15)16)1-2-12(5-9(17)18)6-10(19)20;;;/h1-6H2,(H,13,14)(H,15,16)(H,17,18)(H,19,20);2*1H2;/p+1. The van der Waals surface area contributed by atoms with Crippen molar-refractivity contribution in [3.8, 4) is 0 Å². The number of hydrogen-bond donors (Lipinski definition) is 3. The summed E-state index contributed by atoms with van der Waals surface area (Å²) in [4.78, 5) is 44.1. The Morgan fingerprint density at radius 1 is 0.696 bits per heavy atom. The fourth-order valence-corrected chi connectivity index (χ4v) is 1.47. The van der Waals surface area contributed by atoms with Gasteiger partial charge in [-0.15, -0.1) is 0 Å². The number of hydrogen-bond acceptors (Lipinski definition) is 7. The Hall–Kier alpha value is -1.41. The van der Waals surface area contributed by atoms with Gasteiger partial charge in [0, 0.05) is 45.5 Å². The Morgan fingerprint density at radius 2 is 0.957 bits per heavy atom. The summed E-state index contributed by atoms with van der Waals surface area (Å²) in [5.74, 6) is -5.21. The van der Waals surface area contributed by atoms with Crippen molar-refractivity contribution in [3.63, 3.8) is 0 Å². The van der Waals surface area contributed by atoms with Crippen molar-refractivity contribution in [1.82, 2.24) is 9.80 Å². The monoisotopic (exact) mass is 374 g/mol. The summed E-state index contributed by atoms with van der Waals surface area (Å²) < 4.78 is 0. The molecule has 0 amide bonds. The molecule has 0 saturated heterocycles. The van der Waals surface area contributed by atoms with E-state index in [4.69, 9.17) is 15.3 Å². The maximum Gasteiger partial charge on any atom is 0.317 e. The summed E-state index contributed by atoms with van der Waals surface area (Å²) in [6, 6.07) is 0. The molecule has 0 aromatic heterocycles. The molecule has 133 valence electrons. The van der Waals surface area contributed by atoms with Gasteiger partial charge in [0.15, 0.2) is 0 Å². The smallest absolute Gasteiger partial charge is 0.317 e. The maximum absolute atomic E-state index is 10.5.